The van der Waals surface area contributed by atoms with Gasteiger partial charge in [0.25, 0.3) is 0 Å². The Balaban J connectivity index is 2.16. The lowest BCUT2D eigenvalue weighted by atomic mass is 9.88. The zero-order valence-electron chi connectivity index (χ0n) is 12.2. The number of hydrogen-bond donors (Lipinski definition) is 1. The SMILES string of the molecule is CC(C)C(=O)[C@H](CN1CC[C@@H](N)C1)c1ccc(Cl)cc1. The Morgan fingerprint density at radius 1 is 1.40 bits per heavy atom. The van der Waals surface area contributed by atoms with E-state index in [9.17, 15) is 4.79 Å². The minimum Gasteiger partial charge on any atom is -0.326 e. The highest BCUT2D eigenvalue weighted by Gasteiger charge is 2.28. The molecule has 0 spiro atoms. The number of halogens is 1. The van der Waals surface area contributed by atoms with Crippen LogP contribution in [0, 0.1) is 5.92 Å². The Morgan fingerprint density at radius 3 is 2.55 bits per heavy atom. The summed E-state index contributed by atoms with van der Waals surface area (Å²) >= 11 is 5.94. The van der Waals surface area contributed by atoms with Crippen molar-refractivity contribution in [3.8, 4) is 0 Å². The molecule has 1 fully saturated rings. The van der Waals surface area contributed by atoms with E-state index in [1.54, 1.807) is 0 Å². The molecule has 2 rings (SSSR count). The highest BCUT2D eigenvalue weighted by atomic mass is 35.5. The lowest BCUT2D eigenvalue weighted by molar-refractivity contribution is -0.123. The van der Waals surface area contributed by atoms with Crippen molar-refractivity contribution in [1.82, 2.24) is 4.90 Å². The normalized spacial score (nSPS) is 21.4. The molecule has 1 aromatic rings. The summed E-state index contributed by atoms with van der Waals surface area (Å²) in [5.74, 6) is 0.234. The van der Waals surface area contributed by atoms with E-state index in [0.29, 0.717) is 5.02 Å². The lowest BCUT2D eigenvalue weighted by Gasteiger charge is -2.24. The van der Waals surface area contributed by atoms with Crippen LogP contribution in [0.4, 0.5) is 0 Å². The highest BCUT2D eigenvalue weighted by molar-refractivity contribution is 6.30. The Morgan fingerprint density at radius 2 is 2.05 bits per heavy atom. The topological polar surface area (TPSA) is 46.3 Å². The molecule has 1 aliphatic rings. The first-order chi connectivity index (χ1) is 9.47. The summed E-state index contributed by atoms with van der Waals surface area (Å²) < 4.78 is 0. The summed E-state index contributed by atoms with van der Waals surface area (Å²) in [6.45, 7) is 6.54. The van der Waals surface area contributed by atoms with Crippen molar-refractivity contribution in [3.63, 3.8) is 0 Å². The van der Waals surface area contributed by atoms with Crippen LogP contribution in [0.15, 0.2) is 24.3 Å². The standard InChI is InChI=1S/C16H23ClN2O/c1-11(2)16(20)15(10-19-8-7-14(18)9-19)12-3-5-13(17)6-4-12/h3-6,11,14-15H,7-10,18H2,1-2H3/t14-,15-/m1/s1. The fraction of sp³-hybridized carbons (Fsp3) is 0.562. The van der Waals surface area contributed by atoms with Crippen molar-refractivity contribution < 1.29 is 4.79 Å². The number of carbonyl (C=O) groups excluding carboxylic acids is 1. The van der Waals surface area contributed by atoms with E-state index in [1.807, 2.05) is 38.1 Å². The van der Waals surface area contributed by atoms with Crippen LogP contribution in [-0.4, -0.2) is 36.4 Å². The number of nitrogens with zero attached hydrogens (tertiary/aromatic N) is 1. The fourth-order valence-electron chi connectivity index (χ4n) is 2.74. The lowest BCUT2D eigenvalue weighted by Crippen LogP contribution is -2.34. The van der Waals surface area contributed by atoms with Gasteiger partial charge < -0.3 is 10.6 Å². The van der Waals surface area contributed by atoms with Crippen LogP contribution in [0.1, 0.15) is 31.7 Å². The van der Waals surface area contributed by atoms with Gasteiger partial charge in [0.2, 0.25) is 0 Å². The average Bonchev–Trinajstić information content (AvgIpc) is 2.82. The predicted molar refractivity (Wildman–Crippen MR) is 83.1 cm³/mol. The van der Waals surface area contributed by atoms with E-state index in [-0.39, 0.29) is 23.7 Å². The summed E-state index contributed by atoms with van der Waals surface area (Å²) in [7, 11) is 0. The Labute approximate surface area is 126 Å². The number of carbonyl (C=O) groups is 1. The molecule has 0 amide bonds. The number of hydrogen-bond acceptors (Lipinski definition) is 3. The van der Waals surface area contributed by atoms with E-state index < -0.39 is 0 Å². The third-order valence-electron chi connectivity index (χ3n) is 3.93. The van der Waals surface area contributed by atoms with Gasteiger partial charge in [-0.25, -0.2) is 0 Å². The van der Waals surface area contributed by atoms with Gasteiger partial charge in [-0.2, -0.15) is 0 Å². The van der Waals surface area contributed by atoms with Crippen molar-refractivity contribution >= 4 is 17.4 Å². The first-order valence-corrected chi connectivity index (χ1v) is 7.62. The molecular formula is C16H23ClN2O. The molecule has 1 saturated heterocycles. The van der Waals surface area contributed by atoms with Crippen LogP contribution in [0.2, 0.25) is 5.02 Å². The molecule has 0 bridgehead atoms. The Bertz CT molecular complexity index is 458. The second-order valence-corrected chi connectivity index (χ2v) is 6.41. The van der Waals surface area contributed by atoms with Crippen molar-refractivity contribution in [1.29, 1.82) is 0 Å². The number of nitrogens with two attached hydrogens (primary N) is 1. The van der Waals surface area contributed by atoms with E-state index in [1.165, 1.54) is 0 Å². The van der Waals surface area contributed by atoms with Gasteiger partial charge in [0.15, 0.2) is 0 Å². The molecule has 1 aromatic carbocycles. The minimum atomic E-state index is -0.0856. The van der Waals surface area contributed by atoms with Gasteiger partial charge in [-0.15, -0.1) is 0 Å². The monoisotopic (exact) mass is 294 g/mol. The second kappa shape index (κ2) is 6.70. The average molecular weight is 295 g/mol. The van der Waals surface area contributed by atoms with Crippen molar-refractivity contribution in [3.05, 3.63) is 34.9 Å². The zero-order valence-corrected chi connectivity index (χ0v) is 12.9. The van der Waals surface area contributed by atoms with Crippen LogP contribution < -0.4 is 5.73 Å². The van der Waals surface area contributed by atoms with Crippen LogP contribution in [0.3, 0.4) is 0 Å². The molecule has 4 heteroatoms. The maximum atomic E-state index is 12.5. The quantitative estimate of drug-likeness (QED) is 0.908. The van der Waals surface area contributed by atoms with Crippen LogP contribution in [-0.2, 0) is 4.79 Å². The van der Waals surface area contributed by atoms with Crippen molar-refractivity contribution in [2.75, 3.05) is 19.6 Å². The number of rotatable bonds is 5. The Kier molecular flexibility index (Phi) is 5.19. The van der Waals surface area contributed by atoms with Crippen LogP contribution in [0.25, 0.3) is 0 Å². The molecule has 1 aliphatic heterocycles. The van der Waals surface area contributed by atoms with E-state index >= 15 is 0 Å². The van der Waals surface area contributed by atoms with E-state index in [0.717, 1.165) is 31.6 Å². The second-order valence-electron chi connectivity index (χ2n) is 5.97. The fourth-order valence-corrected chi connectivity index (χ4v) is 2.87. The van der Waals surface area contributed by atoms with Gasteiger partial charge in [-0.1, -0.05) is 37.6 Å². The Hall–Kier alpha value is -0.900. The first kappa shape index (κ1) is 15.5. The molecule has 0 unspecified atom stereocenters. The maximum absolute atomic E-state index is 12.5. The van der Waals surface area contributed by atoms with Gasteiger partial charge >= 0.3 is 0 Å². The molecule has 0 radical (unpaired) electrons. The van der Waals surface area contributed by atoms with Crippen molar-refractivity contribution in [2.24, 2.45) is 11.7 Å². The number of Topliss-reactive ketones (excluding diaryl/α,β-unsaturated/α-hetero) is 1. The van der Waals surface area contributed by atoms with Crippen molar-refractivity contribution in [2.45, 2.75) is 32.2 Å². The van der Waals surface area contributed by atoms with E-state index in [4.69, 9.17) is 17.3 Å². The number of likely N-dealkylation sites (tertiary alicyclic amines) is 1. The molecule has 3 nitrogen and oxygen atoms in total. The third kappa shape index (κ3) is 3.81. The molecule has 110 valence electrons. The highest BCUT2D eigenvalue weighted by Crippen LogP contribution is 2.25. The molecule has 1 heterocycles. The summed E-state index contributed by atoms with van der Waals surface area (Å²) in [6.07, 6.45) is 1.02. The molecule has 0 aromatic heterocycles. The molecule has 0 saturated carbocycles. The summed E-state index contributed by atoms with van der Waals surface area (Å²) in [5.41, 5.74) is 7.00. The molecule has 2 N–H and O–H groups in total. The van der Waals surface area contributed by atoms with E-state index in [2.05, 4.69) is 4.90 Å². The first-order valence-electron chi connectivity index (χ1n) is 7.24. The van der Waals surface area contributed by atoms with Crippen LogP contribution >= 0.6 is 11.6 Å². The largest absolute Gasteiger partial charge is 0.326 e. The predicted octanol–water partition coefficient (Wildman–Crippen LogP) is 2.68. The van der Waals surface area contributed by atoms with Gasteiger partial charge in [0, 0.05) is 30.1 Å². The van der Waals surface area contributed by atoms with Gasteiger partial charge in [0.05, 0.1) is 5.92 Å². The zero-order chi connectivity index (χ0) is 14.7. The number of benzene rings is 1. The molecule has 20 heavy (non-hydrogen) atoms. The molecular weight excluding hydrogens is 272 g/mol. The summed E-state index contributed by atoms with van der Waals surface area (Å²) in [4.78, 5) is 14.8. The number of ketones is 1. The van der Waals surface area contributed by atoms with Gasteiger partial charge in [0.1, 0.15) is 5.78 Å². The maximum Gasteiger partial charge on any atom is 0.144 e. The molecule has 2 atom stereocenters. The molecule has 0 aliphatic carbocycles. The van der Waals surface area contributed by atoms with Gasteiger partial charge in [-0.3, -0.25) is 4.79 Å². The smallest absolute Gasteiger partial charge is 0.144 e. The minimum absolute atomic E-state index is 0.0342. The van der Waals surface area contributed by atoms with Crippen LogP contribution in [0.5, 0.6) is 0 Å². The third-order valence-corrected chi connectivity index (χ3v) is 4.19. The van der Waals surface area contributed by atoms with Gasteiger partial charge in [-0.05, 0) is 30.7 Å². The summed E-state index contributed by atoms with van der Waals surface area (Å²) in [6, 6.07) is 7.88. The summed E-state index contributed by atoms with van der Waals surface area (Å²) in [5, 5.41) is 0.702.